The second-order valence-corrected chi connectivity index (χ2v) is 19.2. The van der Waals surface area contributed by atoms with Gasteiger partial charge in [0.1, 0.15) is 0 Å². The Kier molecular flexibility index (Phi) is 10.2. The van der Waals surface area contributed by atoms with Crippen molar-refractivity contribution in [1.29, 1.82) is 0 Å². The fourth-order valence-electron chi connectivity index (χ4n) is 8.79. The Bertz CT molecular complexity index is 771. The van der Waals surface area contributed by atoms with Crippen LogP contribution in [-0.2, 0) is 17.0 Å². The molecule has 3 aliphatic carbocycles. The second kappa shape index (κ2) is 11.9. The number of rotatable bonds is 3. The first-order valence-electron chi connectivity index (χ1n) is 13.2. The van der Waals surface area contributed by atoms with Gasteiger partial charge >= 0.3 is 35.6 Å². The van der Waals surface area contributed by atoms with Crippen LogP contribution in [-0.4, -0.2) is 25.9 Å². The van der Waals surface area contributed by atoms with E-state index in [1.807, 2.05) is 0 Å². The summed E-state index contributed by atoms with van der Waals surface area (Å²) in [5.41, 5.74) is 2.41. The fraction of sp³-hybridized carbons (Fsp3) is 0.750. The zero-order valence-corrected chi connectivity index (χ0v) is 26.3. The first kappa shape index (κ1) is 29.1. The maximum absolute atomic E-state index is 5.63. The van der Waals surface area contributed by atoms with Crippen LogP contribution in [0.15, 0.2) is 30.3 Å². The van der Waals surface area contributed by atoms with Crippen molar-refractivity contribution in [3.8, 4) is 0 Å². The molecule has 34 heavy (non-hydrogen) atoms. The van der Waals surface area contributed by atoms with Gasteiger partial charge in [0.15, 0.2) is 0 Å². The molecule has 4 aliphatic rings. The number of para-hydroxylation sites is 1. The molecule has 0 N–H and O–H groups in total. The van der Waals surface area contributed by atoms with Crippen molar-refractivity contribution in [2.45, 2.75) is 108 Å². The van der Waals surface area contributed by atoms with Gasteiger partial charge in [0.25, 0.3) is 0 Å². The first-order chi connectivity index (χ1) is 15.7. The molecule has 1 saturated heterocycles. The number of halogens is 2. The molecule has 0 amide bonds. The Labute approximate surface area is 228 Å². The zero-order valence-electron chi connectivity index (χ0n) is 22.2. The van der Waals surface area contributed by atoms with Crippen LogP contribution in [0, 0.1) is 31.1 Å². The Morgan fingerprint density at radius 2 is 1.41 bits per heavy atom. The van der Waals surface area contributed by atoms with Crippen LogP contribution in [0.2, 0.25) is 18.6 Å². The average Bonchev–Trinajstić information content (AvgIpc) is 3.26. The molecule has 6 heteroatoms. The third kappa shape index (κ3) is 5.81. The Hall–Kier alpha value is 0.491. The molecule has 1 aromatic carbocycles. The molecule has 0 spiro atoms. The van der Waals surface area contributed by atoms with Crippen LogP contribution < -0.4 is 4.90 Å². The molecular weight excluding hydrogens is 511 g/mol. The molecule has 4 fully saturated rings. The van der Waals surface area contributed by atoms with E-state index in [-0.39, 0.29) is 13.0 Å². The first-order valence-corrected chi connectivity index (χ1v) is 20.6. The number of fused-ring (bicyclic) bond motifs is 5. The van der Waals surface area contributed by atoms with Crippen molar-refractivity contribution < 1.29 is 17.0 Å². The van der Waals surface area contributed by atoms with Gasteiger partial charge in [-0.05, 0) is 60.6 Å². The minimum absolute atomic E-state index is 0. The summed E-state index contributed by atoms with van der Waals surface area (Å²) in [6.07, 6.45) is 11.7. The summed E-state index contributed by atoms with van der Waals surface area (Å²) in [6.45, 7) is 12.2. The molecule has 192 valence electrons. The van der Waals surface area contributed by atoms with E-state index in [2.05, 4.69) is 69.1 Å². The SMILES string of the molecule is CC(C)(C)[N-][Si](C)(C)C1C2CCCCC2C2C3CCCCC3N(c3ccccc3)C21.[CH3-].[Cl][Ti][Cl]. The predicted octanol–water partition coefficient (Wildman–Crippen LogP) is 9.44. The average molecular weight is 558 g/mol. The van der Waals surface area contributed by atoms with E-state index in [0.29, 0.717) is 0 Å². The fourth-order valence-corrected chi connectivity index (χ4v) is 13.3. The van der Waals surface area contributed by atoms with E-state index in [9.17, 15) is 0 Å². The van der Waals surface area contributed by atoms with Gasteiger partial charge in [-0.25, -0.2) is 0 Å². The van der Waals surface area contributed by atoms with Gasteiger partial charge in [0.05, 0.1) is 0 Å². The van der Waals surface area contributed by atoms with Gasteiger partial charge < -0.3 is 17.3 Å². The summed E-state index contributed by atoms with van der Waals surface area (Å²) in [7, 11) is 8.02. The monoisotopic (exact) mass is 556 g/mol. The number of nitrogens with zero attached hydrogens (tertiary/aromatic N) is 2. The number of hydrogen-bond acceptors (Lipinski definition) is 1. The number of benzene rings is 1. The van der Waals surface area contributed by atoms with E-state index in [1.165, 1.54) is 57.1 Å². The maximum atomic E-state index is 5.63. The van der Waals surface area contributed by atoms with E-state index in [1.54, 1.807) is 0 Å². The second-order valence-electron chi connectivity index (χ2n) is 12.5. The molecule has 3 saturated carbocycles. The molecule has 1 aromatic rings. The molecular formula is C28H46Cl2N2SiTi-2. The molecule has 0 aromatic heterocycles. The van der Waals surface area contributed by atoms with Gasteiger partial charge in [0.2, 0.25) is 0 Å². The molecule has 5 rings (SSSR count). The Morgan fingerprint density at radius 1 is 0.882 bits per heavy atom. The van der Waals surface area contributed by atoms with Gasteiger partial charge in [-0.3, -0.25) is 0 Å². The summed E-state index contributed by atoms with van der Waals surface area (Å²) < 4.78 is 0. The number of anilines is 1. The van der Waals surface area contributed by atoms with Crippen LogP contribution >= 0.6 is 18.6 Å². The van der Waals surface area contributed by atoms with E-state index < -0.39 is 25.3 Å². The molecule has 1 heterocycles. The van der Waals surface area contributed by atoms with Gasteiger partial charge in [0, 0.05) is 17.8 Å². The molecule has 2 nitrogen and oxygen atoms in total. The number of hydrogen-bond donors (Lipinski definition) is 0. The quantitative estimate of drug-likeness (QED) is 0.267. The Balaban J connectivity index is 0.000000771. The zero-order chi connectivity index (χ0) is 23.8. The third-order valence-electron chi connectivity index (χ3n) is 9.04. The normalized spacial score (nSPS) is 34.7. The van der Waals surface area contributed by atoms with Crippen LogP contribution in [0.1, 0.15) is 72.1 Å². The van der Waals surface area contributed by atoms with Crippen LogP contribution in [0.3, 0.4) is 0 Å². The van der Waals surface area contributed by atoms with E-state index in [4.69, 9.17) is 23.6 Å². The molecule has 7 atom stereocenters. The topological polar surface area (TPSA) is 17.3 Å². The van der Waals surface area contributed by atoms with Crippen LogP contribution in [0.5, 0.6) is 0 Å². The van der Waals surface area contributed by atoms with Crippen LogP contribution in [0.4, 0.5) is 5.69 Å². The summed E-state index contributed by atoms with van der Waals surface area (Å²) in [4.78, 5) is 8.62. The van der Waals surface area contributed by atoms with Crippen molar-refractivity contribution >= 4 is 32.5 Å². The molecule has 1 aliphatic heterocycles. The third-order valence-corrected chi connectivity index (χ3v) is 12.7. The standard InChI is InChI=1S/C27H43N2Si.CH3.2ClH.Ti/c1-27(2,3)28-30(4,5)26-21-16-10-9-15-20(21)24-22-17-11-12-18-23(22)29(25(24)26)19-13-7-6-8-14-19;;;;/h6-8,13-14,20-26H,9-12,15-18H2,1-5H3;1H3;2*1H;/q2*-1;;;+2/p-2. The van der Waals surface area contributed by atoms with E-state index in [0.717, 1.165) is 41.3 Å². The summed E-state index contributed by atoms with van der Waals surface area (Å²) >= 11 is -0.556. The van der Waals surface area contributed by atoms with Gasteiger partial charge in [-0.2, -0.15) is 0 Å². The predicted molar refractivity (Wildman–Crippen MR) is 150 cm³/mol. The van der Waals surface area contributed by atoms with Crippen molar-refractivity contribution in [3.05, 3.63) is 42.7 Å². The van der Waals surface area contributed by atoms with E-state index >= 15 is 0 Å². The van der Waals surface area contributed by atoms with Crippen molar-refractivity contribution in [2.24, 2.45) is 23.7 Å². The molecule has 0 bridgehead atoms. The van der Waals surface area contributed by atoms with Gasteiger partial charge in [-0.15, -0.1) is 5.54 Å². The minimum atomic E-state index is -1.76. The van der Waals surface area contributed by atoms with Crippen molar-refractivity contribution in [1.82, 2.24) is 0 Å². The molecule has 7 unspecified atom stereocenters. The van der Waals surface area contributed by atoms with Gasteiger partial charge in [-0.1, -0.05) is 92.4 Å². The Morgan fingerprint density at radius 3 is 2.00 bits per heavy atom. The summed E-state index contributed by atoms with van der Waals surface area (Å²) in [6, 6.07) is 13.0. The van der Waals surface area contributed by atoms with Crippen molar-refractivity contribution in [2.75, 3.05) is 4.90 Å². The summed E-state index contributed by atoms with van der Waals surface area (Å²) in [5, 5.41) is 0. The molecule has 0 radical (unpaired) electrons. The van der Waals surface area contributed by atoms with Crippen LogP contribution in [0.25, 0.3) is 4.98 Å². The summed E-state index contributed by atoms with van der Waals surface area (Å²) in [5.74, 6) is 3.75. The van der Waals surface area contributed by atoms with Crippen molar-refractivity contribution in [3.63, 3.8) is 0 Å².